The van der Waals surface area contributed by atoms with Gasteiger partial charge in [0.25, 0.3) is 23.6 Å². The summed E-state index contributed by atoms with van der Waals surface area (Å²) in [5.41, 5.74) is 6.91. The van der Waals surface area contributed by atoms with Crippen molar-refractivity contribution in [1.82, 2.24) is 30.8 Å². The van der Waals surface area contributed by atoms with E-state index in [-0.39, 0.29) is 76.4 Å². The predicted molar refractivity (Wildman–Crippen MR) is 253 cm³/mol. The molecule has 2 unspecified atom stereocenters. The van der Waals surface area contributed by atoms with E-state index < -0.39 is 29.7 Å². The van der Waals surface area contributed by atoms with Crippen molar-refractivity contribution in [2.45, 2.75) is 99.3 Å². The number of carbonyl (C=O) groups is 6. The first kappa shape index (κ1) is 51.1. The Kier molecular flexibility index (Phi) is 16.5. The minimum atomic E-state index is -0.993. The van der Waals surface area contributed by atoms with Crippen LogP contribution in [-0.2, 0) is 19.2 Å². The van der Waals surface area contributed by atoms with Gasteiger partial charge in [0.2, 0.25) is 11.8 Å². The molecule has 0 radical (unpaired) electrons. The number of nitrogens with one attached hydrogen (secondary N) is 7. The standard InChI is InChI=1S/C24H27FN4O4.C23H25FN4O4.2CH4/c1-13-20(11-18-17-9-15(25)5-6-19(17)28-23(18)32)27-14(2)22(13)24(33)26-12-16(30)10-21(31)29-7-3-4-8-29;1-11-19(9-17-16-7-13(24)3-6-18(16)28-22(17)31)26-12(2)21(11)23(32)25-10-15(29)8-20(30)27-14-4-5-14;;/h5-6,9,11,16,27,30H,3-4,7-8,10,12H2,1-2H3,(H,26,33)(H,28,32);3,6-7,9,14-15,26,29H,4-5,8,10H2,1-2H3,(H,25,32)(H,27,30)(H,28,31);2*1H4/b18-11-;17-9-;;. The van der Waals surface area contributed by atoms with Gasteiger partial charge in [0, 0.05) is 77.5 Å². The van der Waals surface area contributed by atoms with E-state index in [0.717, 1.165) is 25.7 Å². The third-order valence-corrected chi connectivity index (χ3v) is 11.7. The van der Waals surface area contributed by atoms with Gasteiger partial charge in [-0.25, -0.2) is 8.78 Å². The maximum atomic E-state index is 13.7. The number of halogens is 2. The summed E-state index contributed by atoms with van der Waals surface area (Å²) in [5, 5.41) is 33.8. The van der Waals surface area contributed by atoms with Crippen LogP contribution in [0.25, 0.3) is 23.3 Å². The number of fused-ring (bicyclic) bond motifs is 2. The third-order valence-electron chi connectivity index (χ3n) is 11.7. The Balaban J connectivity index is 0.000000244. The molecule has 9 N–H and O–H groups in total. The molecule has 18 heteroatoms. The highest BCUT2D eigenvalue weighted by Gasteiger charge is 2.29. The molecule has 358 valence electrons. The number of anilines is 2. The average molecular weight is 927 g/mol. The van der Waals surface area contributed by atoms with Gasteiger partial charge in [-0.1, -0.05) is 14.9 Å². The summed E-state index contributed by atoms with van der Waals surface area (Å²) in [5.74, 6) is -2.72. The van der Waals surface area contributed by atoms with Crippen molar-refractivity contribution >= 4 is 70.1 Å². The molecule has 1 saturated carbocycles. The molecule has 6 amide bonds. The molecule has 4 aliphatic rings. The highest BCUT2D eigenvalue weighted by atomic mass is 19.1. The number of aliphatic hydroxyl groups is 2. The summed E-state index contributed by atoms with van der Waals surface area (Å²) in [6, 6.07) is 8.37. The molecule has 1 aliphatic carbocycles. The maximum Gasteiger partial charge on any atom is 0.256 e. The second kappa shape index (κ2) is 21.6. The molecule has 1 saturated heterocycles. The van der Waals surface area contributed by atoms with Crippen LogP contribution in [0.15, 0.2) is 36.4 Å². The van der Waals surface area contributed by atoms with Crippen molar-refractivity contribution in [3.8, 4) is 0 Å². The number of hydrogen-bond donors (Lipinski definition) is 9. The van der Waals surface area contributed by atoms with Crippen molar-refractivity contribution in [1.29, 1.82) is 0 Å². The van der Waals surface area contributed by atoms with Crippen molar-refractivity contribution in [2.24, 2.45) is 0 Å². The number of amides is 6. The van der Waals surface area contributed by atoms with E-state index >= 15 is 0 Å². The van der Waals surface area contributed by atoms with Gasteiger partial charge >= 0.3 is 0 Å². The van der Waals surface area contributed by atoms with Crippen LogP contribution in [0.3, 0.4) is 0 Å². The van der Waals surface area contributed by atoms with Crippen molar-refractivity contribution < 1.29 is 47.8 Å². The number of aryl methyl sites for hydroxylation is 2. The summed E-state index contributed by atoms with van der Waals surface area (Å²) in [4.78, 5) is 82.2. The molecular formula is C49H60F2N8O8. The molecule has 16 nitrogen and oxygen atoms in total. The quantitative estimate of drug-likeness (QED) is 0.0757. The molecule has 2 aromatic carbocycles. The Labute approximate surface area is 388 Å². The second-order valence-electron chi connectivity index (χ2n) is 16.8. The zero-order valence-electron chi connectivity index (χ0n) is 36.5. The number of likely N-dealkylation sites (tertiary alicyclic amines) is 1. The number of rotatable bonds is 13. The average Bonchev–Trinajstić information content (AvgIpc) is 3.52. The molecule has 2 aromatic heterocycles. The number of H-pyrrole nitrogens is 2. The Morgan fingerprint density at radius 2 is 1.15 bits per heavy atom. The minimum Gasteiger partial charge on any atom is -0.391 e. The highest BCUT2D eigenvalue weighted by Crippen LogP contribution is 2.36. The zero-order chi connectivity index (χ0) is 46.7. The summed E-state index contributed by atoms with van der Waals surface area (Å²) >= 11 is 0. The van der Waals surface area contributed by atoms with E-state index in [1.807, 2.05) is 0 Å². The summed E-state index contributed by atoms with van der Waals surface area (Å²) < 4.78 is 27.4. The monoisotopic (exact) mass is 926 g/mol. The first-order chi connectivity index (χ1) is 31.0. The van der Waals surface area contributed by atoms with E-state index in [0.29, 0.717) is 91.8 Å². The van der Waals surface area contributed by atoms with Crippen LogP contribution in [0.1, 0.15) is 119 Å². The molecule has 2 fully saturated rings. The van der Waals surface area contributed by atoms with Gasteiger partial charge in [-0.05, 0) is 113 Å². The maximum absolute atomic E-state index is 13.7. The number of aliphatic hydroxyl groups excluding tert-OH is 2. The van der Waals surface area contributed by atoms with Gasteiger partial charge in [0.1, 0.15) is 11.6 Å². The molecule has 4 aromatic rings. The summed E-state index contributed by atoms with van der Waals surface area (Å²) in [7, 11) is 0. The van der Waals surface area contributed by atoms with E-state index in [4.69, 9.17) is 0 Å². The smallest absolute Gasteiger partial charge is 0.256 e. The van der Waals surface area contributed by atoms with E-state index in [1.54, 1.807) is 44.7 Å². The lowest BCUT2D eigenvalue weighted by molar-refractivity contribution is -0.132. The number of carbonyl (C=O) groups excluding carboxylic acids is 6. The Morgan fingerprint density at radius 1 is 0.716 bits per heavy atom. The minimum absolute atomic E-state index is 0. The number of hydrogen-bond acceptors (Lipinski definition) is 8. The van der Waals surface area contributed by atoms with Gasteiger partial charge in [-0.2, -0.15) is 0 Å². The van der Waals surface area contributed by atoms with Gasteiger partial charge in [-0.3, -0.25) is 28.8 Å². The number of nitrogens with zero attached hydrogens (tertiary/aromatic N) is 1. The molecule has 0 bridgehead atoms. The molecule has 5 heterocycles. The SMILES string of the molecule is C.C.Cc1[nH]c(/C=C2\C(=O)Nc3ccc(F)cc32)c(C)c1C(=O)NCC(O)CC(=O)N1CCCC1.Cc1[nH]c(/C=C2\C(=O)Nc3ccc(F)cc32)c(C)c1C(=O)NCC(O)CC(=O)NC1CC1. The fraction of sp³-hybridized carbons (Fsp3) is 0.388. The second-order valence-corrected chi connectivity index (χ2v) is 16.8. The van der Waals surface area contributed by atoms with Gasteiger partial charge < -0.3 is 51.7 Å². The van der Waals surface area contributed by atoms with E-state index in [2.05, 4.69) is 36.6 Å². The first-order valence-corrected chi connectivity index (χ1v) is 21.5. The van der Waals surface area contributed by atoms with Crippen LogP contribution < -0.4 is 26.6 Å². The van der Waals surface area contributed by atoms with Gasteiger partial charge in [0.05, 0.1) is 47.3 Å². The lowest BCUT2D eigenvalue weighted by Gasteiger charge is -2.18. The fourth-order valence-corrected chi connectivity index (χ4v) is 8.18. The zero-order valence-corrected chi connectivity index (χ0v) is 36.5. The van der Waals surface area contributed by atoms with Gasteiger partial charge in [0.15, 0.2) is 0 Å². The van der Waals surface area contributed by atoms with E-state index in [9.17, 15) is 47.8 Å². The lowest BCUT2D eigenvalue weighted by atomic mass is 10.0. The Hall–Kier alpha value is -6.92. The first-order valence-electron chi connectivity index (χ1n) is 21.5. The van der Waals surface area contributed by atoms with Crippen LogP contribution in [-0.4, -0.2) is 105 Å². The highest BCUT2D eigenvalue weighted by molar-refractivity contribution is 6.35. The van der Waals surface area contributed by atoms with Crippen LogP contribution in [0.2, 0.25) is 0 Å². The largest absolute Gasteiger partial charge is 0.391 e. The van der Waals surface area contributed by atoms with E-state index in [1.165, 1.54) is 36.4 Å². The molecule has 0 spiro atoms. The Morgan fingerprint density at radius 3 is 1.58 bits per heavy atom. The van der Waals surface area contributed by atoms with Crippen LogP contribution >= 0.6 is 0 Å². The normalized spacial score (nSPS) is 16.7. The molecule has 67 heavy (non-hydrogen) atoms. The van der Waals surface area contributed by atoms with Crippen LogP contribution in [0, 0.1) is 39.3 Å². The Bertz CT molecular complexity index is 2640. The molecule has 8 rings (SSSR count). The van der Waals surface area contributed by atoms with Gasteiger partial charge in [-0.15, -0.1) is 0 Å². The van der Waals surface area contributed by atoms with Crippen molar-refractivity contribution in [3.63, 3.8) is 0 Å². The topological polar surface area (TPSA) is 238 Å². The van der Waals surface area contributed by atoms with Crippen LogP contribution in [0.4, 0.5) is 20.2 Å². The summed E-state index contributed by atoms with van der Waals surface area (Å²) in [6.45, 7) is 8.27. The third kappa shape index (κ3) is 11.9. The number of aromatic nitrogens is 2. The van der Waals surface area contributed by atoms with Crippen LogP contribution in [0.5, 0.6) is 0 Å². The molecule has 2 atom stereocenters. The number of aromatic amines is 2. The fourth-order valence-electron chi connectivity index (χ4n) is 8.18. The lowest BCUT2D eigenvalue weighted by Crippen LogP contribution is -2.37. The van der Waals surface area contributed by atoms with Crippen molar-refractivity contribution in [2.75, 3.05) is 36.8 Å². The molecular weight excluding hydrogens is 867 g/mol. The molecule has 3 aliphatic heterocycles. The van der Waals surface area contributed by atoms with Crippen molar-refractivity contribution in [3.05, 3.63) is 104 Å². The summed E-state index contributed by atoms with van der Waals surface area (Å²) in [6.07, 6.45) is 5.00. The predicted octanol–water partition coefficient (Wildman–Crippen LogP) is 5.66. The number of benzene rings is 2.